The van der Waals surface area contributed by atoms with Crippen molar-refractivity contribution in [1.82, 2.24) is 14.2 Å². The third-order valence-corrected chi connectivity index (χ3v) is 6.16. The molecule has 1 aliphatic rings. The molecule has 2 aromatic carbocycles. The lowest BCUT2D eigenvalue weighted by atomic mass is 10.0. The first kappa shape index (κ1) is 20.3. The number of ether oxygens (including phenoxy) is 3. The molecule has 0 aliphatic carbocycles. The highest BCUT2D eigenvalue weighted by atomic mass is 16.5. The van der Waals surface area contributed by atoms with E-state index in [9.17, 15) is 0 Å². The summed E-state index contributed by atoms with van der Waals surface area (Å²) in [6, 6.07) is 14.1. The van der Waals surface area contributed by atoms with Gasteiger partial charge >= 0.3 is 0 Å². The average molecular weight is 433 g/mol. The van der Waals surface area contributed by atoms with E-state index in [0.29, 0.717) is 6.54 Å². The Bertz CT molecular complexity index is 1240. The van der Waals surface area contributed by atoms with Crippen molar-refractivity contribution in [3.05, 3.63) is 60.0 Å². The topological polar surface area (TPSA) is 62.0 Å². The number of rotatable bonds is 7. The number of benzene rings is 2. The molecule has 7 heteroatoms. The van der Waals surface area contributed by atoms with Crippen molar-refractivity contribution >= 4 is 11.3 Å². The lowest BCUT2D eigenvalue weighted by molar-refractivity contribution is 0.395. The summed E-state index contributed by atoms with van der Waals surface area (Å²) < 4.78 is 20.5. The monoisotopic (exact) mass is 432 g/mol. The molecule has 0 saturated carbocycles. The van der Waals surface area contributed by atoms with Gasteiger partial charge in [0.1, 0.15) is 22.9 Å². The Morgan fingerprint density at radius 2 is 1.72 bits per heavy atom. The van der Waals surface area contributed by atoms with Gasteiger partial charge in [-0.05, 0) is 49.1 Å². The van der Waals surface area contributed by atoms with Gasteiger partial charge in [-0.1, -0.05) is 12.1 Å². The number of aryl methyl sites for hydroxylation is 2. The minimum absolute atomic E-state index is 0.613. The summed E-state index contributed by atoms with van der Waals surface area (Å²) in [6.07, 6.45) is 5.53. The molecule has 7 nitrogen and oxygen atoms in total. The molecule has 1 N–H and O–H groups in total. The zero-order valence-corrected chi connectivity index (χ0v) is 18.7. The quantitative estimate of drug-likeness (QED) is 0.456. The van der Waals surface area contributed by atoms with Gasteiger partial charge in [0.2, 0.25) is 0 Å². The Morgan fingerprint density at radius 3 is 2.47 bits per heavy atom. The molecule has 0 atom stereocenters. The van der Waals surface area contributed by atoms with Crippen molar-refractivity contribution < 1.29 is 14.2 Å². The van der Waals surface area contributed by atoms with Crippen LogP contribution in [0, 0.1) is 0 Å². The predicted octanol–water partition coefficient (Wildman–Crippen LogP) is 4.78. The molecule has 0 unspecified atom stereocenters. The van der Waals surface area contributed by atoms with Crippen LogP contribution in [0.15, 0.2) is 48.7 Å². The van der Waals surface area contributed by atoms with Gasteiger partial charge in [0.25, 0.3) is 0 Å². The molecular weight excluding hydrogens is 404 g/mol. The summed E-state index contributed by atoms with van der Waals surface area (Å²) in [7, 11) is 5.01. The number of hydrogen-bond donors (Lipinski definition) is 1. The minimum atomic E-state index is 0.613. The second-order valence-corrected chi connectivity index (χ2v) is 7.96. The third-order valence-electron chi connectivity index (χ3n) is 6.16. The zero-order valence-electron chi connectivity index (χ0n) is 18.7. The van der Waals surface area contributed by atoms with Crippen LogP contribution in [0.3, 0.4) is 0 Å². The van der Waals surface area contributed by atoms with E-state index in [1.165, 1.54) is 28.8 Å². The molecule has 0 fully saturated rings. The maximum Gasteiger partial charge on any atom is 0.150 e. The number of aromatic nitrogens is 3. The zero-order chi connectivity index (χ0) is 22.1. The Morgan fingerprint density at radius 1 is 0.938 bits per heavy atom. The van der Waals surface area contributed by atoms with Gasteiger partial charge in [-0.3, -0.25) is 0 Å². The fraction of sp³-hybridized carbons (Fsp3) is 0.320. The van der Waals surface area contributed by atoms with Gasteiger partial charge in [-0.15, -0.1) is 0 Å². The standard InChI is InChI=1S/C25H28N4O3/c1-30-18-9-7-17(8-10-18)21-16-29-25-20(21)6-4-5-13-28(25)24(27-29)15-26-22-12-11-19(31-2)14-23(22)32-3/h7-12,14,16,26H,4-6,13,15H2,1-3H3. The maximum atomic E-state index is 5.52. The van der Waals surface area contributed by atoms with Gasteiger partial charge < -0.3 is 24.1 Å². The van der Waals surface area contributed by atoms with Gasteiger partial charge in [0, 0.05) is 29.9 Å². The summed E-state index contributed by atoms with van der Waals surface area (Å²) in [6.45, 7) is 1.58. The van der Waals surface area contributed by atoms with E-state index in [1.807, 2.05) is 34.8 Å². The molecule has 0 amide bonds. The van der Waals surface area contributed by atoms with E-state index in [2.05, 4.69) is 28.2 Å². The molecule has 32 heavy (non-hydrogen) atoms. The summed E-state index contributed by atoms with van der Waals surface area (Å²) in [4.78, 5) is 0. The molecule has 4 aromatic rings. The van der Waals surface area contributed by atoms with Crippen LogP contribution in [0.4, 0.5) is 5.69 Å². The van der Waals surface area contributed by atoms with E-state index in [1.54, 1.807) is 21.3 Å². The van der Waals surface area contributed by atoms with Crippen molar-refractivity contribution in [2.24, 2.45) is 0 Å². The molecule has 3 heterocycles. The Kier molecular flexibility index (Phi) is 5.39. The summed E-state index contributed by atoms with van der Waals surface area (Å²) >= 11 is 0. The highest BCUT2D eigenvalue weighted by Crippen LogP contribution is 2.34. The number of hydrogen-bond acceptors (Lipinski definition) is 5. The summed E-state index contributed by atoms with van der Waals surface area (Å²) in [5, 5.41) is 8.43. The van der Waals surface area contributed by atoms with Gasteiger partial charge in [-0.25, -0.2) is 4.52 Å². The van der Waals surface area contributed by atoms with E-state index in [-0.39, 0.29) is 0 Å². The summed E-state index contributed by atoms with van der Waals surface area (Å²) in [5.41, 5.74) is 5.94. The van der Waals surface area contributed by atoms with E-state index in [4.69, 9.17) is 19.3 Å². The van der Waals surface area contributed by atoms with Crippen LogP contribution in [0.5, 0.6) is 17.2 Å². The van der Waals surface area contributed by atoms with Crippen molar-refractivity contribution in [3.8, 4) is 28.4 Å². The van der Waals surface area contributed by atoms with Crippen molar-refractivity contribution in [1.29, 1.82) is 0 Å². The smallest absolute Gasteiger partial charge is 0.150 e. The lowest BCUT2D eigenvalue weighted by Crippen LogP contribution is -2.09. The van der Waals surface area contributed by atoms with Gasteiger partial charge in [0.15, 0.2) is 5.82 Å². The Hall–Kier alpha value is -3.61. The fourth-order valence-electron chi connectivity index (χ4n) is 4.51. The van der Waals surface area contributed by atoms with Gasteiger partial charge in [-0.2, -0.15) is 5.10 Å². The first-order valence-electron chi connectivity index (χ1n) is 10.9. The van der Waals surface area contributed by atoms with Crippen LogP contribution in [0.1, 0.15) is 24.2 Å². The number of methoxy groups -OCH3 is 3. The van der Waals surface area contributed by atoms with Crippen LogP contribution in [0.25, 0.3) is 16.8 Å². The fourth-order valence-corrected chi connectivity index (χ4v) is 4.51. The largest absolute Gasteiger partial charge is 0.497 e. The first-order chi connectivity index (χ1) is 15.7. The summed E-state index contributed by atoms with van der Waals surface area (Å²) in [5.74, 6) is 3.40. The second-order valence-electron chi connectivity index (χ2n) is 7.96. The predicted molar refractivity (Wildman–Crippen MR) is 125 cm³/mol. The van der Waals surface area contributed by atoms with Crippen molar-refractivity contribution in [2.45, 2.75) is 32.4 Å². The van der Waals surface area contributed by atoms with Crippen molar-refractivity contribution in [3.63, 3.8) is 0 Å². The molecule has 166 valence electrons. The first-order valence-corrected chi connectivity index (χ1v) is 10.9. The maximum absolute atomic E-state index is 5.52. The molecule has 0 spiro atoms. The van der Waals surface area contributed by atoms with Crippen molar-refractivity contribution in [2.75, 3.05) is 26.6 Å². The highest BCUT2D eigenvalue weighted by Gasteiger charge is 2.22. The van der Waals surface area contributed by atoms with Crippen LogP contribution in [0.2, 0.25) is 0 Å². The molecule has 1 aliphatic heterocycles. The van der Waals surface area contributed by atoms with E-state index < -0.39 is 0 Å². The average Bonchev–Trinajstić information content (AvgIpc) is 3.26. The number of nitrogens with zero attached hydrogens (tertiary/aromatic N) is 3. The molecular formula is C25H28N4O3. The lowest BCUT2D eigenvalue weighted by Gasteiger charge is -2.13. The van der Waals surface area contributed by atoms with E-state index >= 15 is 0 Å². The second kappa shape index (κ2) is 8.49. The normalized spacial score (nSPS) is 13.1. The third kappa shape index (κ3) is 3.53. The minimum Gasteiger partial charge on any atom is -0.497 e. The van der Waals surface area contributed by atoms with Crippen LogP contribution < -0.4 is 19.5 Å². The SMILES string of the molecule is COc1ccc(-c2cn3nc(CNc4ccc(OC)cc4OC)n4c3c2CCCC4)cc1. The van der Waals surface area contributed by atoms with Crippen LogP contribution in [-0.4, -0.2) is 35.5 Å². The number of anilines is 1. The van der Waals surface area contributed by atoms with Gasteiger partial charge in [0.05, 0.1) is 33.6 Å². The van der Waals surface area contributed by atoms with Crippen LogP contribution in [-0.2, 0) is 19.5 Å². The molecule has 0 radical (unpaired) electrons. The molecule has 5 rings (SSSR count). The van der Waals surface area contributed by atoms with E-state index in [0.717, 1.165) is 48.1 Å². The Labute approximate surface area is 187 Å². The highest BCUT2D eigenvalue weighted by molar-refractivity contribution is 5.75. The number of nitrogens with one attached hydrogen (secondary N) is 1. The van der Waals surface area contributed by atoms with Crippen LogP contribution >= 0.6 is 0 Å². The molecule has 0 bridgehead atoms. The Balaban J connectivity index is 1.48. The molecule has 0 saturated heterocycles. The molecule has 2 aromatic heterocycles.